The van der Waals surface area contributed by atoms with Crippen LogP contribution in [0.3, 0.4) is 0 Å². The fourth-order valence-corrected chi connectivity index (χ4v) is 1.74. The lowest BCUT2D eigenvalue weighted by atomic mass is 10.1. The Hall–Kier alpha value is -2.36. The second-order valence-corrected chi connectivity index (χ2v) is 4.21. The zero-order valence-electron chi connectivity index (χ0n) is 10.4. The quantitative estimate of drug-likeness (QED) is 0.916. The van der Waals surface area contributed by atoms with Crippen LogP contribution in [-0.2, 0) is 6.61 Å². The number of aromatic carboxylic acids is 1. The van der Waals surface area contributed by atoms with Gasteiger partial charge in [-0.15, -0.1) is 0 Å². The minimum Gasteiger partial charge on any atom is -0.489 e. The van der Waals surface area contributed by atoms with E-state index in [1.54, 1.807) is 0 Å². The van der Waals surface area contributed by atoms with Crippen LogP contribution in [0.1, 0.15) is 21.5 Å². The zero-order chi connectivity index (χ0) is 13.8. The molecular formula is C15H13FO3. The summed E-state index contributed by atoms with van der Waals surface area (Å²) in [6, 6.07) is 11.1. The highest BCUT2D eigenvalue weighted by Crippen LogP contribution is 2.18. The molecule has 0 saturated heterocycles. The Morgan fingerprint density at radius 3 is 2.68 bits per heavy atom. The molecular weight excluding hydrogens is 247 g/mol. The van der Waals surface area contributed by atoms with E-state index in [1.165, 1.54) is 12.1 Å². The predicted molar refractivity (Wildman–Crippen MR) is 68.9 cm³/mol. The van der Waals surface area contributed by atoms with Crippen LogP contribution in [0.15, 0.2) is 42.5 Å². The third kappa shape index (κ3) is 3.31. The van der Waals surface area contributed by atoms with Crippen molar-refractivity contribution in [3.63, 3.8) is 0 Å². The summed E-state index contributed by atoms with van der Waals surface area (Å²) in [6.45, 7) is 2.03. The summed E-state index contributed by atoms with van der Waals surface area (Å²) in [5.41, 5.74) is 1.38. The van der Waals surface area contributed by atoms with Gasteiger partial charge >= 0.3 is 5.97 Å². The second-order valence-electron chi connectivity index (χ2n) is 4.21. The molecule has 0 bridgehead atoms. The summed E-state index contributed by atoms with van der Waals surface area (Å²) in [4.78, 5) is 10.8. The van der Waals surface area contributed by atoms with E-state index in [4.69, 9.17) is 9.84 Å². The topological polar surface area (TPSA) is 46.5 Å². The minimum absolute atomic E-state index is 0.0802. The molecule has 0 spiro atoms. The molecule has 2 rings (SSSR count). The number of hydrogen-bond acceptors (Lipinski definition) is 2. The van der Waals surface area contributed by atoms with Crippen molar-refractivity contribution in [1.29, 1.82) is 0 Å². The highest BCUT2D eigenvalue weighted by atomic mass is 19.1. The maximum atomic E-state index is 13.3. The molecule has 98 valence electrons. The van der Waals surface area contributed by atoms with E-state index in [0.29, 0.717) is 11.3 Å². The van der Waals surface area contributed by atoms with Crippen molar-refractivity contribution in [1.82, 2.24) is 0 Å². The molecule has 3 nitrogen and oxygen atoms in total. The second kappa shape index (κ2) is 5.52. The Morgan fingerprint density at radius 1 is 1.26 bits per heavy atom. The average Bonchev–Trinajstić information content (AvgIpc) is 2.37. The van der Waals surface area contributed by atoms with E-state index < -0.39 is 11.8 Å². The Bertz CT molecular complexity index is 608. The van der Waals surface area contributed by atoms with Crippen molar-refractivity contribution in [3.8, 4) is 5.75 Å². The van der Waals surface area contributed by atoms with Crippen LogP contribution in [-0.4, -0.2) is 11.1 Å². The highest BCUT2D eigenvalue weighted by molar-refractivity contribution is 5.87. The molecule has 0 fully saturated rings. The van der Waals surface area contributed by atoms with Crippen LogP contribution in [0.4, 0.5) is 4.39 Å². The van der Waals surface area contributed by atoms with Crippen LogP contribution >= 0.6 is 0 Å². The smallest absolute Gasteiger partial charge is 0.335 e. The third-order valence-corrected chi connectivity index (χ3v) is 2.69. The van der Waals surface area contributed by atoms with Gasteiger partial charge < -0.3 is 9.84 Å². The van der Waals surface area contributed by atoms with Crippen molar-refractivity contribution in [2.24, 2.45) is 0 Å². The lowest BCUT2D eigenvalue weighted by Gasteiger charge is -2.09. The fourth-order valence-electron chi connectivity index (χ4n) is 1.74. The van der Waals surface area contributed by atoms with E-state index in [9.17, 15) is 9.18 Å². The van der Waals surface area contributed by atoms with Crippen LogP contribution in [0.5, 0.6) is 5.75 Å². The molecule has 0 radical (unpaired) electrons. The largest absolute Gasteiger partial charge is 0.489 e. The Labute approximate surface area is 110 Å². The van der Waals surface area contributed by atoms with Gasteiger partial charge in [-0.3, -0.25) is 0 Å². The Balaban J connectivity index is 2.16. The normalized spacial score (nSPS) is 10.2. The molecule has 0 aromatic heterocycles. The SMILES string of the molecule is Cc1ccccc1OCc1cc(F)cc(C(=O)O)c1. The first-order valence-corrected chi connectivity index (χ1v) is 5.77. The van der Waals surface area contributed by atoms with Gasteiger partial charge in [0.1, 0.15) is 18.2 Å². The summed E-state index contributed by atoms with van der Waals surface area (Å²) >= 11 is 0. The maximum absolute atomic E-state index is 13.3. The fraction of sp³-hybridized carbons (Fsp3) is 0.133. The van der Waals surface area contributed by atoms with E-state index in [2.05, 4.69) is 0 Å². The van der Waals surface area contributed by atoms with Crippen molar-refractivity contribution < 1.29 is 19.0 Å². The molecule has 0 aliphatic heterocycles. The summed E-state index contributed by atoms with van der Waals surface area (Å²) in [5.74, 6) is -1.04. The molecule has 0 aliphatic carbocycles. The first-order valence-electron chi connectivity index (χ1n) is 5.77. The van der Waals surface area contributed by atoms with Gasteiger partial charge in [-0.25, -0.2) is 9.18 Å². The lowest BCUT2D eigenvalue weighted by molar-refractivity contribution is 0.0696. The van der Waals surface area contributed by atoms with Crippen molar-refractivity contribution in [2.45, 2.75) is 13.5 Å². The summed E-state index contributed by atoms with van der Waals surface area (Å²) in [7, 11) is 0. The number of carboxylic acid groups (broad SMARTS) is 1. The van der Waals surface area contributed by atoms with Gasteiger partial charge in [0, 0.05) is 0 Å². The van der Waals surface area contributed by atoms with E-state index in [1.807, 2.05) is 31.2 Å². The number of para-hydroxylation sites is 1. The first-order chi connectivity index (χ1) is 9.06. The maximum Gasteiger partial charge on any atom is 0.335 e. The number of rotatable bonds is 4. The van der Waals surface area contributed by atoms with Gasteiger partial charge in [0.05, 0.1) is 5.56 Å². The number of halogens is 1. The van der Waals surface area contributed by atoms with Crippen molar-refractivity contribution in [2.75, 3.05) is 0 Å². The van der Waals surface area contributed by atoms with Crippen LogP contribution in [0.2, 0.25) is 0 Å². The number of carbonyl (C=O) groups is 1. The zero-order valence-corrected chi connectivity index (χ0v) is 10.4. The number of carboxylic acids is 1. The standard InChI is InChI=1S/C15H13FO3/c1-10-4-2-3-5-14(10)19-9-11-6-12(15(17)18)8-13(16)7-11/h2-8H,9H2,1H3,(H,17,18). The van der Waals surface area contributed by atoms with Crippen LogP contribution in [0.25, 0.3) is 0 Å². The van der Waals surface area contributed by atoms with Gasteiger partial charge in [0.2, 0.25) is 0 Å². The molecule has 2 aromatic carbocycles. The van der Waals surface area contributed by atoms with Gasteiger partial charge in [-0.2, -0.15) is 0 Å². The highest BCUT2D eigenvalue weighted by Gasteiger charge is 2.08. The monoisotopic (exact) mass is 260 g/mol. The summed E-state index contributed by atoms with van der Waals surface area (Å²) in [5, 5.41) is 8.86. The van der Waals surface area contributed by atoms with E-state index in [-0.39, 0.29) is 12.2 Å². The van der Waals surface area contributed by atoms with Gasteiger partial charge in [0.25, 0.3) is 0 Å². The van der Waals surface area contributed by atoms with Gasteiger partial charge in [0.15, 0.2) is 0 Å². The predicted octanol–water partition coefficient (Wildman–Crippen LogP) is 3.41. The minimum atomic E-state index is -1.16. The van der Waals surface area contributed by atoms with Gasteiger partial charge in [-0.05, 0) is 42.3 Å². The summed E-state index contributed by atoms with van der Waals surface area (Å²) < 4.78 is 18.8. The van der Waals surface area contributed by atoms with Crippen molar-refractivity contribution >= 4 is 5.97 Å². The molecule has 2 aromatic rings. The van der Waals surface area contributed by atoms with E-state index in [0.717, 1.165) is 11.6 Å². The molecule has 0 heterocycles. The van der Waals surface area contributed by atoms with E-state index >= 15 is 0 Å². The molecule has 0 amide bonds. The third-order valence-electron chi connectivity index (χ3n) is 2.69. The number of benzene rings is 2. The molecule has 0 atom stereocenters. The lowest BCUT2D eigenvalue weighted by Crippen LogP contribution is -2.02. The molecule has 0 saturated carbocycles. The molecule has 19 heavy (non-hydrogen) atoms. The number of hydrogen-bond donors (Lipinski definition) is 1. The molecule has 0 aliphatic rings. The van der Waals surface area contributed by atoms with Gasteiger partial charge in [-0.1, -0.05) is 18.2 Å². The summed E-state index contributed by atoms with van der Waals surface area (Å²) in [6.07, 6.45) is 0. The first kappa shape index (κ1) is 13.1. The number of aryl methyl sites for hydroxylation is 1. The van der Waals surface area contributed by atoms with Crippen molar-refractivity contribution in [3.05, 3.63) is 65.0 Å². The molecule has 4 heteroatoms. The molecule has 0 unspecified atom stereocenters. The van der Waals surface area contributed by atoms with Crippen LogP contribution < -0.4 is 4.74 Å². The Kier molecular flexibility index (Phi) is 3.80. The molecule has 1 N–H and O–H groups in total. The average molecular weight is 260 g/mol. The Morgan fingerprint density at radius 2 is 2.00 bits per heavy atom. The number of ether oxygens (including phenoxy) is 1. The van der Waals surface area contributed by atoms with Crippen LogP contribution in [0, 0.1) is 12.7 Å².